The van der Waals surface area contributed by atoms with Gasteiger partial charge in [-0.25, -0.2) is 41.9 Å². The number of nitrogens with one attached hydrogen (secondary N) is 4. The molecule has 0 aliphatic heterocycles. The van der Waals surface area contributed by atoms with Gasteiger partial charge in [0.05, 0.1) is 55.3 Å². The lowest BCUT2D eigenvalue weighted by atomic mass is 10.0. The highest BCUT2D eigenvalue weighted by Gasteiger charge is 2.29. The molecule has 29 heteroatoms. The van der Waals surface area contributed by atoms with Crippen molar-refractivity contribution in [1.29, 1.82) is 0 Å². The van der Waals surface area contributed by atoms with Crippen LogP contribution in [0.25, 0.3) is 44.1 Å². The van der Waals surface area contributed by atoms with Crippen LogP contribution >= 0.6 is 47.0 Å². The first-order valence-electron chi connectivity index (χ1n) is 36.7. The van der Waals surface area contributed by atoms with E-state index in [1.54, 1.807) is 84.0 Å². The van der Waals surface area contributed by atoms with Crippen LogP contribution in [0.2, 0.25) is 0 Å². The minimum atomic E-state index is -1.05. The van der Waals surface area contributed by atoms with Gasteiger partial charge in [-0.2, -0.15) is 0 Å². The van der Waals surface area contributed by atoms with E-state index in [0.717, 1.165) is 83.4 Å². The van der Waals surface area contributed by atoms with E-state index in [1.807, 2.05) is 95.4 Å². The summed E-state index contributed by atoms with van der Waals surface area (Å²) in [4.78, 5) is 94.9. The van der Waals surface area contributed by atoms with Gasteiger partial charge < -0.3 is 43.8 Å². The Balaban J connectivity index is 0.000000160. The largest absolute Gasteiger partial charge is 0.394 e. The molecule has 1 saturated carbocycles. The Morgan fingerprint density at radius 3 is 0.920 bits per heavy atom. The standard InChI is InChI=1S/C22H25N3O2S.2C21H25N3O4S.C20H23N3O3S/c1-14-11-17(28-3)9-8-16(14)12-19-20(22(26)24-27-13-15-6-7-15)18-5-4-10-23-21(18)25(19)2;2*1-13-9-16(29-3)7-6-14(13)10-18-19(21(27)23-28-12-15(26)11-25)17-5-4-8-22-20(17)24(18)2;1-13-11-15(27-3)7-6-14(13)12-17-18(20(25)22-26-10-9-24)16-5-4-8-21-19(16)23(17)2/h4-5,8-11,15H,6-7,12-13H2,1-3H3,(H,24,26);2*4-9,15,25-26H,10-12H2,1-3H3,(H,23,27);4-8,11,24H,9-10,12H2,1-3H3,(H,22,25)/t;2*15-;/m.10./s1. The summed E-state index contributed by atoms with van der Waals surface area (Å²) in [6.45, 7) is 7.52. The summed E-state index contributed by atoms with van der Waals surface area (Å²) >= 11 is 6.83. The summed E-state index contributed by atoms with van der Waals surface area (Å²) in [5.74, 6) is -0.779. The van der Waals surface area contributed by atoms with Crippen molar-refractivity contribution < 1.29 is 64.1 Å². The van der Waals surface area contributed by atoms with E-state index in [9.17, 15) is 29.4 Å². The highest BCUT2D eigenvalue weighted by Crippen LogP contribution is 2.35. The number of aliphatic hydroxyl groups excluding tert-OH is 5. The third-order valence-corrected chi connectivity index (χ3v) is 22.6. The van der Waals surface area contributed by atoms with Crippen molar-refractivity contribution >= 4 is 115 Å². The van der Waals surface area contributed by atoms with Gasteiger partial charge in [0.25, 0.3) is 23.6 Å². The van der Waals surface area contributed by atoms with Crippen LogP contribution in [0.5, 0.6) is 0 Å². The molecule has 0 saturated heterocycles. The molecule has 0 spiro atoms. The normalized spacial score (nSPS) is 12.4. The van der Waals surface area contributed by atoms with Crippen molar-refractivity contribution in [3.8, 4) is 0 Å². The molecule has 0 unspecified atom stereocenters. The second-order valence-corrected chi connectivity index (χ2v) is 30.8. The number of aromatic nitrogens is 8. The average Bonchev–Trinajstić information content (AvgIpc) is 1.64. The van der Waals surface area contributed by atoms with Gasteiger partial charge in [0.2, 0.25) is 0 Å². The molecule has 0 radical (unpaired) electrons. The van der Waals surface area contributed by atoms with E-state index in [1.165, 1.54) is 49.1 Å². The van der Waals surface area contributed by atoms with Crippen LogP contribution in [0.15, 0.2) is 166 Å². The molecule has 25 nitrogen and oxygen atoms in total. The number of rotatable bonds is 30. The number of hydrogen-bond donors (Lipinski definition) is 9. The number of fused-ring (bicyclic) bond motifs is 4. The molecule has 8 heterocycles. The number of pyridine rings is 4. The minimum Gasteiger partial charge on any atom is -0.394 e. The van der Waals surface area contributed by atoms with Crippen LogP contribution in [0, 0.1) is 33.6 Å². The Bertz CT molecular complexity index is 5170. The maximum absolute atomic E-state index is 13.0. The van der Waals surface area contributed by atoms with Crippen molar-refractivity contribution in [2.24, 2.45) is 34.1 Å². The number of thioether (sulfide) groups is 4. The summed E-state index contributed by atoms with van der Waals surface area (Å²) in [5.41, 5.74) is 27.8. The molecule has 9 N–H and O–H groups in total. The zero-order valence-electron chi connectivity index (χ0n) is 65.5. The molecule has 113 heavy (non-hydrogen) atoms. The Labute approximate surface area is 673 Å². The fourth-order valence-corrected chi connectivity index (χ4v) is 15.2. The van der Waals surface area contributed by atoms with Crippen LogP contribution in [-0.2, 0) is 73.2 Å². The average molecular weight is 1610 g/mol. The number of carbonyl (C=O) groups is 4. The van der Waals surface area contributed by atoms with Gasteiger partial charge in [-0.15, -0.1) is 47.0 Å². The van der Waals surface area contributed by atoms with Gasteiger partial charge in [-0.3, -0.25) is 38.5 Å². The van der Waals surface area contributed by atoms with Crippen molar-refractivity contribution in [1.82, 2.24) is 60.1 Å². The van der Waals surface area contributed by atoms with E-state index < -0.39 is 37.2 Å². The van der Waals surface area contributed by atoms with Crippen molar-refractivity contribution in [3.63, 3.8) is 0 Å². The molecule has 4 amide bonds. The molecule has 4 aromatic carbocycles. The first kappa shape index (κ1) is 86.0. The highest BCUT2D eigenvalue weighted by atomic mass is 32.2. The number of hydrogen-bond acceptors (Lipinski definition) is 21. The third kappa shape index (κ3) is 21.3. The number of amides is 4. The van der Waals surface area contributed by atoms with Gasteiger partial charge in [0.15, 0.2) is 0 Å². The number of carbonyl (C=O) groups excluding carboxylic acids is 4. The molecular formula is C84H98N12O13S4. The number of aryl methyl sites for hydroxylation is 8. The summed E-state index contributed by atoms with van der Waals surface area (Å²) < 4.78 is 7.83. The molecule has 1 fully saturated rings. The molecule has 2 atom stereocenters. The molecule has 596 valence electrons. The first-order valence-corrected chi connectivity index (χ1v) is 41.6. The predicted octanol–water partition coefficient (Wildman–Crippen LogP) is 11.5. The SMILES string of the molecule is CSc1ccc(Cc2c(C(=O)NOCC3CC3)c3cccnc3n2C)c(C)c1.CSc1ccc(Cc2c(C(=O)NOCCO)c3cccnc3n2C)c(C)c1.CSc1ccc(Cc2c(C(=O)NOC[C@@H](O)CO)c3cccnc3n2C)c(C)c1.CSc1ccc(Cc2c(C(=O)NOC[C@H](O)CO)c3cccnc3n2C)c(C)c1. The van der Waals surface area contributed by atoms with Crippen LogP contribution in [0.4, 0.5) is 0 Å². The Kier molecular flexibility index (Phi) is 31.2. The van der Waals surface area contributed by atoms with Crippen molar-refractivity contribution in [2.45, 2.75) is 98.0 Å². The number of aliphatic hydroxyl groups is 5. The second kappa shape index (κ2) is 41.0. The zero-order chi connectivity index (χ0) is 81.0. The lowest BCUT2D eigenvalue weighted by molar-refractivity contribution is -0.0296. The van der Waals surface area contributed by atoms with Gasteiger partial charge >= 0.3 is 0 Å². The van der Waals surface area contributed by atoms with E-state index in [0.29, 0.717) is 71.8 Å². The predicted molar refractivity (Wildman–Crippen MR) is 446 cm³/mol. The molecule has 13 rings (SSSR count). The zero-order valence-corrected chi connectivity index (χ0v) is 68.8. The lowest BCUT2D eigenvalue weighted by Gasteiger charge is -2.12. The van der Waals surface area contributed by atoms with Gasteiger partial charge in [-0.05, 0) is 213 Å². The van der Waals surface area contributed by atoms with E-state index in [4.69, 9.17) is 34.7 Å². The molecule has 1 aliphatic rings. The smallest absolute Gasteiger partial charge is 0.277 e. The maximum atomic E-state index is 13.0. The van der Waals surface area contributed by atoms with Crippen molar-refractivity contribution in [2.75, 3.05) is 71.3 Å². The van der Waals surface area contributed by atoms with Gasteiger partial charge in [0.1, 0.15) is 48.0 Å². The monoisotopic (exact) mass is 1610 g/mol. The molecule has 1 aliphatic carbocycles. The maximum Gasteiger partial charge on any atom is 0.277 e. The number of benzene rings is 4. The first-order chi connectivity index (χ1) is 54.6. The van der Waals surface area contributed by atoms with Crippen LogP contribution < -0.4 is 21.9 Å². The van der Waals surface area contributed by atoms with E-state index in [2.05, 4.69) is 155 Å². The Hall–Kier alpha value is -9.44. The summed E-state index contributed by atoms with van der Waals surface area (Å²) in [5, 5.41) is 48.5. The van der Waals surface area contributed by atoms with E-state index in [-0.39, 0.29) is 38.2 Å². The Morgan fingerprint density at radius 1 is 0.416 bits per heavy atom. The summed E-state index contributed by atoms with van der Waals surface area (Å²) in [7, 11) is 7.67. The van der Waals surface area contributed by atoms with Crippen LogP contribution in [0.1, 0.15) is 122 Å². The van der Waals surface area contributed by atoms with Crippen LogP contribution in [0.3, 0.4) is 0 Å². The minimum absolute atomic E-state index is 0.0410. The molecular weight excluding hydrogens is 1510 g/mol. The van der Waals surface area contributed by atoms with Crippen LogP contribution in [-0.4, -0.2) is 171 Å². The number of nitrogens with zero attached hydrogens (tertiary/aromatic N) is 8. The van der Waals surface area contributed by atoms with Gasteiger partial charge in [0, 0.05) is 143 Å². The summed E-state index contributed by atoms with van der Waals surface area (Å²) in [6.07, 6.45) is 17.7. The molecule has 8 aromatic heterocycles. The highest BCUT2D eigenvalue weighted by molar-refractivity contribution is 7.99. The Morgan fingerprint density at radius 2 is 0.681 bits per heavy atom. The molecule has 0 bridgehead atoms. The third-order valence-electron chi connectivity index (χ3n) is 19.6. The quantitative estimate of drug-likeness (QED) is 0.0115. The fraction of sp³-hybridized carbons (Fsp3) is 0.333. The summed E-state index contributed by atoms with van der Waals surface area (Å²) in [6, 6.07) is 40.2. The second-order valence-electron chi connectivity index (χ2n) is 27.2. The van der Waals surface area contributed by atoms with Crippen molar-refractivity contribution in [3.05, 3.63) is 236 Å². The topological polar surface area (TPSA) is 326 Å². The van der Waals surface area contributed by atoms with E-state index >= 15 is 0 Å². The fourth-order valence-electron chi connectivity index (χ4n) is 13.2. The molecule has 12 aromatic rings. The number of hydroxylamine groups is 4. The van der Waals surface area contributed by atoms with Gasteiger partial charge in [-0.1, -0.05) is 24.3 Å². The lowest BCUT2D eigenvalue weighted by Crippen LogP contribution is -2.30.